The zero-order valence-electron chi connectivity index (χ0n) is 11.0. The van der Waals surface area contributed by atoms with E-state index < -0.39 is 0 Å². The van der Waals surface area contributed by atoms with Crippen LogP contribution in [0.3, 0.4) is 0 Å². The molecule has 0 radical (unpaired) electrons. The molecule has 0 aliphatic heterocycles. The van der Waals surface area contributed by atoms with E-state index in [-0.39, 0.29) is 0 Å². The van der Waals surface area contributed by atoms with Crippen LogP contribution in [0.5, 0.6) is 0 Å². The summed E-state index contributed by atoms with van der Waals surface area (Å²) in [7, 11) is 0. The van der Waals surface area contributed by atoms with Crippen LogP contribution in [0.1, 0.15) is 47.7 Å². The van der Waals surface area contributed by atoms with Gasteiger partial charge < -0.3 is 5.32 Å². The van der Waals surface area contributed by atoms with Gasteiger partial charge in [0.25, 0.3) is 0 Å². The smallest absolute Gasteiger partial charge is 0.0931 e. The van der Waals surface area contributed by atoms with Crippen LogP contribution in [0.4, 0.5) is 0 Å². The third-order valence-electron chi connectivity index (χ3n) is 3.69. The second-order valence-electron chi connectivity index (χ2n) is 5.22. The number of nitrogens with one attached hydrogen (secondary N) is 1. The lowest BCUT2D eigenvalue weighted by molar-refractivity contribution is 0.580. The van der Waals surface area contributed by atoms with Crippen LogP contribution in [0.2, 0.25) is 4.34 Å². The Labute approximate surface area is 123 Å². The highest BCUT2D eigenvalue weighted by Crippen LogP contribution is 2.41. The fourth-order valence-electron chi connectivity index (χ4n) is 2.41. The zero-order valence-corrected chi connectivity index (χ0v) is 12.6. The van der Waals surface area contributed by atoms with Crippen LogP contribution in [0, 0.1) is 0 Å². The third kappa shape index (κ3) is 3.19. The van der Waals surface area contributed by atoms with Crippen molar-refractivity contribution in [3.63, 3.8) is 0 Å². The first-order valence-corrected chi connectivity index (χ1v) is 8.00. The molecule has 1 nitrogen and oxygen atoms in total. The molecule has 100 valence electrons. The lowest BCUT2D eigenvalue weighted by Gasteiger charge is -2.14. The van der Waals surface area contributed by atoms with Crippen molar-refractivity contribution in [3.8, 4) is 0 Å². The monoisotopic (exact) mass is 291 g/mol. The predicted octanol–water partition coefficient (Wildman–Crippen LogP) is 5.13. The number of hydrogen-bond donors (Lipinski definition) is 1. The van der Waals surface area contributed by atoms with Crippen molar-refractivity contribution >= 4 is 22.9 Å². The highest BCUT2D eigenvalue weighted by atomic mass is 35.5. The van der Waals surface area contributed by atoms with Crippen molar-refractivity contribution < 1.29 is 0 Å². The van der Waals surface area contributed by atoms with E-state index in [4.69, 9.17) is 11.6 Å². The van der Waals surface area contributed by atoms with E-state index in [1.54, 1.807) is 11.3 Å². The Morgan fingerprint density at radius 2 is 2.05 bits per heavy atom. The SMILES string of the molecule is CC(NCc1ccccc1C1CC1)c1ccc(Cl)s1. The summed E-state index contributed by atoms with van der Waals surface area (Å²) in [6.07, 6.45) is 2.71. The predicted molar refractivity (Wildman–Crippen MR) is 83.0 cm³/mol. The summed E-state index contributed by atoms with van der Waals surface area (Å²) in [4.78, 5) is 1.30. The van der Waals surface area contributed by atoms with Gasteiger partial charge in [-0.15, -0.1) is 11.3 Å². The molecular weight excluding hydrogens is 274 g/mol. The Bertz CT molecular complexity index is 559. The quantitative estimate of drug-likeness (QED) is 0.805. The van der Waals surface area contributed by atoms with E-state index in [2.05, 4.69) is 42.6 Å². The molecule has 1 aromatic heterocycles. The van der Waals surface area contributed by atoms with Crippen molar-refractivity contribution in [1.82, 2.24) is 5.32 Å². The second kappa shape index (κ2) is 5.66. The van der Waals surface area contributed by atoms with Gasteiger partial charge >= 0.3 is 0 Å². The lowest BCUT2D eigenvalue weighted by Crippen LogP contribution is -2.18. The van der Waals surface area contributed by atoms with Crippen LogP contribution in [-0.4, -0.2) is 0 Å². The summed E-state index contributed by atoms with van der Waals surface area (Å²) < 4.78 is 0.863. The average molecular weight is 292 g/mol. The first kappa shape index (κ1) is 13.2. The lowest BCUT2D eigenvalue weighted by atomic mass is 10.0. The molecule has 19 heavy (non-hydrogen) atoms. The van der Waals surface area contributed by atoms with Gasteiger partial charge in [-0.3, -0.25) is 0 Å². The van der Waals surface area contributed by atoms with Crippen molar-refractivity contribution in [2.45, 2.75) is 38.3 Å². The molecule has 2 aromatic rings. The van der Waals surface area contributed by atoms with E-state index in [1.807, 2.05) is 6.07 Å². The fraction of sp³-hybridized carbons (Fsp3) is 0.375. The van der Waals surface area contributed by atoms with Gasteiger partial charge in [0, 0.05) is 17.5 Å². The summed E-state index contributed by atoms with van der Waals surface area (Å²) in [5.74, 6) is 0.810. The summed E-state index contributed by atoms with van der Waals surface area (Å²) in [6.45, 7) is 3.13. The molecule has 1 aromatic carbocycles. The highest BCUT2D eigenvalue weighted by molar-refractivity contribution is 7.16. The summed E-state index contributed by atoms with van der Waals surface area (Å²) in [5.41, 5.74) is 2.98. The molecule has 1 unspecified atom stereocenters. The number of halogens is 1. The van der Waals surface area contributed by atoms with Crippen LogP contribution in [0.25, 0.3) is 0 Å². The Kier molecular flexibility index (Phi) is 3.92. The molecule has 3 heteroatoms. The summed E-state index contributed by atoms with van der Waals surface area (Å²) >= 11 is 7.64. The van der Waals surface area contributed by atoms with Crippen molar-refractivity contribution in [2.75, 3.05) is 0 Å². The van der Waals surface area contributed by atoms with Gasteiger partial charge in [0.2, 0.25) is 0 Å². The van der Waals surface area contributed by atoms with Crippen LogP contribution >= 0.6 is 22.9 Å². The Morgan fingerprint density at radius 3 is 2.74 bits per heavy atom. The summed E-state index contributed by atoms with van der Waals surface area (Å²) in [5, 5.41) is 3.60. The molecule has 1 fully saturated rings. The van der Waals surface area contributed by atoms with E-state index in [1.165, 1.54) is 28.8 Å². The van der Waals surface area contributed by atoms with Gasteiger partial charge in [0.1, 0.15) is 0 Å². The van der Waals surface area contributed by atoms with Gasteiger partial charge in [-0.25, -0.2) is 0 Å². The second-order valence-corrected chi connectivity index (χ2v) is 6.96. The van der Waals surface area contributed by atoms with Crippen molar-refractivity contribution in [2.24, 2.45) is 0 Å². The summed E-state index contributed by atoms with van der Waals surface area (Å²) in [6, 6.07) is 13.2. The van der Waals surface area contributed by atoms with Crippen LogP contribution in [0.15, 0.2) is 36.4 Å². The largest absolute Gasteiger partial charge is 0.305 e. The minimum atomic E-state index is 0.352. The number of benzene rings is 1. The molecule has 0 amide bonds. The Hall–Kier alpha value is -0.830. The van der Waals surface area contributed by atoms with Gasteiger partial charge in [-0.1, -0.05) is 35.9 Å². The number of rotatable bonds is 5. The van der Waals surface area contributed by atoms with E-state index in [9.17, 15) is 0 Å². The molecule has 1 saturated carbocycles. The molecule has 1 aliphatic carbocycles. The maximum atomic E-state index is 5.99. The Morgan fingerprint density at radius 1 is 1.26 bits per heavy atom. The molecule has 1 aliphatic rings. The molecule has 0 spiro atoms. The van der Waals surface area contributed by atoms with Gasteiger partial charge in [-0.05, 0) is 48.9 Å². The first-order valence-electron chi connectivity index (χ1n) is 6.80. The molecule has 3 rings (SSSR count). The van der Waals surface area contributed by atoms with E-state index in [0.717, 1.165) is 16.8 Å². The normalized spacial score (nSPS) is 16.5. The molecular formula is C16H18ClNS. The van der Waals surface area contributed by atoms with Gasteiger partial charge in [0.15, 0.2) is 0 Å². The zero-order chi connectivity index (χ0) is 13.2. The van der Waals surface area contributed by atoms with E-state index >= 15 is 0 Å². The third-order valence-corrected chi connectivity index (χ3v) is 5.11. The maximum Gasteiger partial charge on any atom is 0.0931 e. The number of hydrogen-bond acceptors (Lipinski definition) is 2. The van der Waals surface area contributed by atoms with Crippen molar-refractivity contribution in [1.29, 1.82) is 0 Å². The minimum Gasteiger partial charge on any atom is -0.305 e. The molecule has 1 heterocycles. The van der Waals surface area contributed by atoms with Crippen LogP contribution < -0.4 is 5.32 Å². The minimum absolute atomic E-state index is 0.352. The molecule has 0 bridgehead atoms. The molecule has 1 atom stereocenters. The molecule has 1 N–H and O–H groups in total. The molecule has 0 saturated heterocycles. The first-order chi connectivity index (χ1) is 9.24. The Balaban J connectivity index is 1.66. The van der Waals surface area contributed by atoms with Crippen molar-refractivity contribution in [3.05, 3.63) is 56.7 Å². The average Bonchev–Trinajstić information content (AvgIpc) is 3.18. The van der Waals surface area contributed by atoms with Gasteiger partial charge in [-0.2, -0.15) is 0 Å². The topological polar surface area (TPSA) is 12.0 Å². The van der Waals surface area contributed by atoms with E-state index in [0.29, 0.717) is 6.04 Å². The fourth-order valence-corrected chi connectivity index (χ4v) is 3.50. The number of thiophene rings is 1. The standard InChI is InChI=1S/C16H18ClNS/c1-11(15-8-9-16(17)19-15)18-10-13-4-2-3-5-14(13)12-6-7-12/h2-5,8-9,11-12,18H,6-7,10H2,1H3. The van der Waals surface area contributed by atoms with Gasteiger partial charge in [0.05, 0.1) is 4.34 Å². The highest BCUT2D eigenvalue weighted by Gasteiger charge is 2.25. The van der Waals surface area contributed by atoms with Crippen LogP contribution in [-0.2, 0) is 6.54 Å². The maximum absolute atomic E-state index is 5.99.